The van der Waals surface area contributed by atoms with Gasteiger partial charge in [0, 0.05) is 40.3 Å². The predicted molar refractivity (Wildman–Crippen MR) is 113 cm³/mol. The maximum Gasteiger partial charge on any atom is 0.237 e. The van der Waals surface area contributed by atoms with Crippen LogP contribution in [0.25, 0.3) is 33.7 Å². The fourth-order valence-corrected chi connectivity index (χ4v) is 3.96. The number of thioether (sulfide) groups is 1. The van der Waals surface area contributed by atoms with Gasteiger partial charge < -0.3 is 14.1 Å². The minimum atomic E-state index is 0.500. The van der Waals surface area contributed by atoms with Crippen LogP contribution in [-0.2, 0) is 12.8 Å². The molecule has 0 bridgehead atoms. The number of hydrogen-bond acceptors (Lipinski definition) is 6. The molecule has 0 saturated heterocycles. The van der Waals surface area contributed by atoms with Crippen molar-refractivity contribution in [3.63, 3.8) is 0 Å². The number of aromatic nitrogens is 6. The number of H-pyrrole nitrogens is 1. The van der Waals surface area contributed by atoms with Gasteiger partial charge in [-0.2, -0.15) is 4.98 Å². The van der Waals surface area contributed by atoms with Crippen LogP contribution < -0.4 is 0 Å². The van der Waals surface area contributed by atoms with E-state index >= 15 is 0 Å². The monoisotopic (exact) mass is 422 g/mol. The zero-order valence-corrected chi connectivity index (χ0v) is 16.9. The molecule has 0 radical (unpaired) electrons. The highest BCUT2D eigenvalue weighted by molar-refractivity contribution is 7.98. The molecule has 0 saturated carbocycles. The molecule has 0 fully saturated rings. The van der Waals surface area contributed by atoms with E-state index in [0.29, 0.717) is 22.5 Å². The molecule has 3 heterocycles. The van der Waals surface area contributed by atoms with E-state index in [9.17, 15) is 0 Å². The molecule has 29 heavy (non-hydrogen) atoms. The molecule has 0 unspecified atom stereocenters. The first-order chi connectivity index (χ1) is 14.2. The quantitative estimate of drug-likeness (QED) is 0.403. The van der Waals surface area contributed by atoms with Crippen LogP contribution >= 0.6 is 23.4 Å². The van der Waals surface area contributed by atoms with Crippen LogP contribution in [0.5, 0.6) is 0 Å². The molecule has 2 aromatic carbocycles. The summed E-state index contributed by atoms with van der Waals surface area (Å²) in [5.41, 5.74) is 2.94. The Kier molecular flexibility index (Phi) is 4.57. The molecule has 144 valence electrons. The number of fused-ring (bicyclic) bond motifs is 1. The second kappa shape index (κ2) is 7.38. The Hall–Kier alpha value is -3.10. The fraction of sp³-hybridized carbons (Fsp3) is 0.100. The van der Waals surface area contributed by atoms with Gasteiger partial charge in [0.25, 0.3) is 0 Å². The molecule has 9 heteroatoms. The molecule has 5 aromatic rings. The van der Waals surface area contributed by atoms with Crippen molar-refractivity contribution in [1.29, 1.82) is 0 Å². The Balaban J connectivity index is 1.34. The number of para-hydroxylation sites is 1. The van der Waals surface area contributed by atoms with Crippen molar-refractivity contribution >= 4 is 34.3 Å². The van der Waals surface area contributed by atoms with Gasteiger partial charge >= 0.3 is 0 Å². The predicted octanol–water partition coefficient (Wildman–Crippen LogP) is 4.96. The molecule has 0 atom stereocenters. The van der Waals surface area contributed by atoms with E-state index in [1.54, 1.807) is 12.1 Å². The van der Waals surface area contributed by atoms with E-state index in [1.807, 2.05) is 48.1 Å². The molecule has 0 aliphatic rings. The average molecular weight is 423 g/mol. The first-order valence-corrected chi connectivity index (χ1v) is 10.2. The van der Waals surface area contributed by atoms with Crippen LogP contribution in [0.2, 0.25) is 5.02 Å². The normalized spacial score (nSPS) is 11.4. The summed E-state index contributed by atoms with van der Waals surface area (Å²) in [5.74, 6) is 2.36. The summed E-state index contributed by atoms with van der Waals surface area (Å²) < 4.78 is 7.34. The van der Waals surface area contributed by atoms with Crippen molar-refractivity contribution in [2.75, 3.05) is 0 Å². The minimum absolute atomic E-state index is 0.500. The summed E-state index contributed by atoms with van der Waals surface area (Å²) in [6.45, 7) is 0. The highest BCUT2D eigenvalue weighted by Gasteiger charge is 2.16. The molecule has 0 amide bonds. The molecule has 3 aromatic heterocycles. The van der Waals surface area contributed by atoms with Crippen LogP contribution in [-0.4, -0.2) is 29.9 Å². The smallest absolute Gasteiger partial charge is 0.237 e. The van der Waals surface area contributed by atoms with Gasteiger partial charge in [-0.3, -0.25) is 0 Å². The number of rotatable bonds is 5. The van der Waals surface area contributed by atoms with Crippen molar-refractivity contribution in [2.45, 2.75) is 10.9 Å². The molecule has 0 aliphatic carbocycles. The highest BCUT2D eigenvalue weighted by Crippen LogP contribution is 2.30. The number of nitrogens with one attached hydrogen (secondary N) is 1. The Bertz CT molecular complexity index is 1290. The zero-order valence-electron chi connectivity index (χ0n) is 15.3. The van der Waals surface area contributed by atoms with Gasteiger partial charge in [0.1, 0.15) is 0 Å². The van der Waals surface area contributed by atoms with Crippen molar-refractivity contribution < 1.29 is 4.52 Å². The lowest BCUT2D eigenvalue weighted by molar-refractivity contribution is 0.391. The van der Waals surface area contributed by atoms with Gasteiger partial charge in [-0.15, -0.1) is 10.2 Å². The maximum atomic E-state index is 5.92. The van der Waals surface area contributed by atoms with Crippen LogP contribution in [0.15, 0.2) is 64.4 Å². The average Bonchev–Trinajstić information content (AvgIpc) is 3.46. The van der Waals surface area contributed by atoms with Gasteiger partial charge in [-0.25, -0.2) is 0 Å². The molecular weight excluding hydrogens is 408 g/mol. The largest absolute Gasteiger partial charge is 0.360 e. The summed E-state index contributed by atoms with van der Waals surface area (Å²) >= 11 is 7.42. The second-order valence-electron chi connectivity index (χ2n) is 6.42. The van der Waals surface area contributed by atoms with Crippen LogP contribution in [0.4, 0.5) is 0 Å². The third-order valence-electron chi connectivity index (χ3n) is 4.56. The van der Waals surface area contributed by atoms with Crippen molar-refractivity contribution in [3.05, 3.63) is 65.6 Å². The number of halogens is 1. The SMILES string of the molecule is Cn1c(SCc2nc(-c3ccc(Cl)cc3)no2)nnc1-c1c[nH]c2ccccc12. The zero-order chi connectivity index (χ0) is 19.8. The van der Waals surface area contributed by atoms with Gasteiger partial charge in [0.2, 0.25) is 11.7 Å². The maximum absolute atomic E-state index is 5.92. The van der Waals surface area contributed by atoms with Crippen molar-refractivity contribution in [3.8, 4) is 22.8 Å². The van der Waals surface area contributed by atoms with Gasteiger partial charge in [0.05, 0.1) is 5.75 Å². The van der Waals surface area contributed by atoms with E-state index in [1.165, 1.54) is 11.8 Å². The molecule has 0 aliphatic heterocycles. The van der Waals surface area contributed by atoms with E-state index in [0.717, 1.165) is 33.0 Å². The highest BCUT2D eigenvalue weighted by atomic mass is 35.5. The Morgan fingerprint density at radius 2 is 1.93 bits per heavy atom. The molecule has 7 nitrogen and oxygen atoms in total. The number of nitrogens with zero attached hydrogens (tertiary/aromatic N) is 5. The van der Waals surface area contributed by atoms with Crippen molar-refractivity contribution in [2.24, 2.45) is 7.05 Å². The molecular formula is C20H15ClN6OS. The Labute approximate surface area is 175 Å². The molecule has 0 spiro atoms. The minimum Gasteiger partial charge on any atom is -0.360 e. The van der Waals surface area contributed by atoms with Crippen molar-refractivity contribution in [1.82, 2.24) is 29.9 Å². The lowest BCUT2D eigenvalue weighted by Crippen LogP contribution is -1.94. The Morgan fingerprint density at radius 3 is 2.79 bits per heavy atom. The number of hydrogen-bond donors (Lipinski definition) is 1. The van der Waals surface area contributed by atoms with E-state index in [4.69, 9.17) is 16.1 Å². The summed E-state index contributed by atoms with van der Waals surface area (Å²) in [6.07, 6.45) is 1.96. The van der Waals surface area contributed by atoms with E-state index < -0.39 is 0 Å². The van der Waals surface area contributed by atoms with Gasteiger partial charge in [-0.1, -0.05) is 46.7 Å². The van der Waals surface area contributed by atoms with E-state index in [2.05, 4.69) is 31.4 Å². The first-order valence-electron chi connectivity index (χ1n) is 8.86. The van der Waals surface area contributed by atoms with Crippen LogP contribution in [0, 0.1) is 0 Å². The molecule has 5 rings (SSSR count). The lowest BCUT2D eigenvalue weighted by Gasteiger charge is -2.02. The third-order valence-corrected chi connectivity index (χ3v) is 5.82. The van der Waals surface area contributed by atoms with E-state index in [-0.39, 0.29) is 0 Å². The summed E-state index contributed by atoms with van der Waals surface area (Å²) in [5, 5.41) is 15.3. The number of aromatic amines is 1. The third kappa shape index (κ3) is 3.41. The van der Waals surface area contributed by atoms with Crippen LogP contribution in [0.3, 0.4) is 0 Å². The number of benzene rings is 2. The summed E-state index contributed by atoms with van der Waals surface area (Å²) in [7, 11) is 1.95. The summed E-state index contributed by atoms with van der Waals surface area (Å²) in [4.78, 5) is 7.72. The van der Waals surface area contributed by atoms with Crippen LogP contribution in [0.1, 0.15) is 5.89 Å². The second-order valence-corrected chi connectivity index (χ2v) is 7.80. The molecule has 1 N–H and O–H groups in total. The summed E-state index contributed by atoms with van der Waals surface area (Å²) in [6, 6.07) is 15.4. The fourth-order valence-electron chi connectivity index (χ4n) is 3.09. The van der Waals surface area contributed by atoms with Gasteiger partial charge in [-0.05, 0) is 30.3 Å². The Morgan fingerprint density at radius 1 is 1.10 bits per heavy atom. The van der Waals surface area contributed by atoms with Gasteiger partial charge in [0.15, 0.2) is 11.0 Å². The topological polar surface area (TPSA) is 85.4 Å². The standard InChI is InChI=1S/C20H15ClN6OS/c1-27-19(15-10-22-16-5-3-2-4-14(15)16)24-25-20(27)29-11-17-23-18(26-28-17)12-6-8-13(21)9-7-12/h2-10,22H,11H2,1H3. The first kappa shape index (κ1) is 18.0. The lowest BCUT2D eigenvalue weighted by atomic mass is 10.1.